The molecule has 0 bridgehead atoms. The van der Waals surface area contributed by atoms with Gasteiger partial charge in [-0.2, -0.15) is 0 Å². The third kappa shape index (κ3) is 4.87. The van der Waals surface area contributed by atoms with Crippen molar-refractivity contribution < 1.29 is 4.74 Å². The average molecular weight is 263 g/mol. The number of ether oxygens (including phenoxy) is 1. The fourth-order valence-electron chi connectivity index (χ4n) is 2.21. The van der Waals surface area contributed by atoms with Crippen LogP contribution in [0.15, 0.2) is 12.1 Å². The average Bonchev–Trinajstić information content (AvgIpc) is 2.28. The van der Waals surface area contributed by atoms with E-state index in [4.69, 9.17) is 4.74 Å². The van der Waals surface area contributed by atoms with E-state index < -0.39 is 0 Å². The summed E-state index contributed by atoms with van der Waals surface area (Å²) >= 11 is 0. The molecule has 0 fully saturated rings. The van der Waals surface area contributed by atoms with Gasteiger partial charge in [0.15, 0.2) is 0 Å². The molecule has 0 aliphatic rings. The molecule has 2 nitrogen and oxygen atoms in total. The fourth-order valence-corrected chi connectivity index (χ4v) is 2.21. The van der Waals surface area contributed by atoms with Crippen LogP contribution in [0.4, 0.5) is 0 Å². The molecule has 0 spiro atoms. The van der Waals surface area contributed by atoms with Crippen LogP contribution >= 0.6 is 0 Å². The Morgan fingerprint density at radius 1 is 1.21 bits per heavy atom. The van der Waals surface area contributed by atoms with Crippen molar-refractivity contribution in [3.63, 3.8) is 0 Å². The van der Waals surface area contributed by atoms with Crippen molar-refractivity contribution in [2.45, 2.75) is 59.4 Å². The van der Waals surface area contributed by atoms with Crippen LogP contribution in [0.25, 0.3) is 0 Å². The molecule has 0 saturated carbocycles. The van der Waals surface area contributed by atoms with E-state index in [0.29, 0.717) is 5.92 Å². The van der Waals surface area contributed by atoms with E-state index in [9.17, 15) is 0 Å². The van der Waals surface area contributed by atoms with Crippen LogP contribution in [0.5, 0.6) is 5.75 Å². The molecular weight excluding hydrogens is 234 g/mol. The first kappa shape index (κ1) is 16.0. The Morgan fingerprint density at radius 2 is 1.84 bits per heavy atom. The van der Waals surface area contributed by atoms with Crippen LogP contribution in [-0.4, -0.2) is 19.2 Å². The number of hydrogen-bond donors (Lipinski definition) is 1. The minimum Gasteiger partial charge on any atom is -0.496 e. The van der Waals surface area contributed by atoms with Crippen molar-refractivity contribution in [2.75, 3.05) is 13.7 Å². The lowest BCUT2D eigenvalue weighted by molar-refractivity contribution is 0.406. The molecule has 0 unspecified atom stereocenters. The maximum Gasteiger partial charge on any atom is 0.122 e. The lowest BCUT2D eigenvalue weighted by Crippen LogP contribution is -2.37. The molecule has 2 heteroatoms. The second-order valence-corrected chi connectivity index (χ2v) is 6.60. The van der Waals surface area contributed by atoms with Gasteiger partial charge in [0.1, 0.15) is 5.75 Å². The minimum atomic E-state index is 0.182. The van der Waals surface area contributed by atoms with Crippen LogP contribution in [0.3, 0.4) is 0 Å². The largest absolute Gasteiger partial charge is 0.496 e. The van der Waals surface area contributed by atoms with Gasteiger partial charge < -0.3 is 10.1 Å². The summed E-state index contributed by atoms with van der Waals surface area (Å²) in [6.45, 7) is 14.2. The van der Waals surface area contributed by atoms with Gasteiger partial charge in [-0.3, -0.25) is 0 Å². The standard InChI is InChI=1S/C17H29NO/c1-12(2)15-11-14(8-9-18-17(4,5)6)13(3)10-16(15)19-7/h10-12,18H,8-9H2,1-7H3. The number of hydrogen-bond acceptors (Lipinski definition) is 2. The maximum atomic E-state index is 5.49. The Morgan fingerprint density at radius 3 is 2.32 bits per heavy atom. The molecule has 0 aromatic heterocycles. The van der Waals surface area contributed by atoms with Gasteiger partial charge in [-0.05, 0) is 69.3 Å². The highest BCUT2D eigenvalue weighted by atomic mass is 16.5. The van der Waals surface area contributed by atoms with Gasteiger partial charge in [-0.25, -0.2) is 0 Å². The first-order valence-corrected chi connectivity index (χ1v) is 7.17. The Hall–Kier alpha value is -1.02. The lowest BCUT2D eigenvalue weighted by Gasteiger charge is -2.21. The summed E-state index contributed by atoms with van der Waals surface area (Å²) in [7, 11) is 1.75. The van der Waals surface area contributed by atoms with Gasteiger partial charge in [0, 0.05) is 5.54 Å². The number of rotatable bonds is 5. The molecule has 0 atom stereocenters. The molecule has 1 N–H and O–H groups in total. The van der Waals surface area contributed by atoms with Crippen molar-refractivity contribution in [2.24, 2.45) is 0 Å². The Kier molecular flexibility index (Phi) is 5.42. The van der Waals surface area contributed by atoms with Gasteiger partial charge in [-0.1, -0.05) is 19.9 Å². The second-order valence-electron chi connectivity index (χ2n) is 6.60. The first-order chi connectivity index (χ1) is 8.74. The van der Waals surface area contributed by atoms with Gasteiger partial charge in [-0.15, -0.1) is 0 Å². The zero-order valence-electron chi connectivity index (χ0n) is 13.6. The van der Waals surface area contributed by atoms with E-state index in [2.05, 4.69) is 59.0 Å². The van der Waals surface area contributed by atoms with E-state index in [-0.39, 0.29) is 5.54 Å². The van der Waals surface area contributed by atoms with E-state index in [1.807, 2.05) is 0 Å². The number of methoxy groups -OCH3 is 1. The summed E-state index contributed by atoms with van der Waals surface area (Å²) in [5.41, 5.74) is 4.22. The molecule has 0 amide bonds. The van der Waals surface area contributed by atoms with Crippen molar-refractivity contribution in [3.8, 4) is 5.75 Å². The van der Waals surface area contributed by atoms with Gasteiger partial charge in [0.05, 0.1) is 7.11 Å². The third-order valence-electron chi connectivity index (χ3n) is 3.36. The summed E-state index contributed by atoms with van der Waals surface area (Å²) in [5.74, 6) is 1.50. The molecule has 0 saturated heterocycles. The highest BCUT2D eigenvalue weighted by Gasteiger charge is 2.12. The smallest absolute Gasteiger partial charge is 0.122 e. The molecule has 1 aromatic rings. The fraction of sp³-hybridized carbons (Fsp3) is 0.647. The predicted octanol–water partition coefficient (Wildman–Crippen LogP) is 4.06. The Bertz CT molecular complexity index is 416. The zero-order chi connectivity index (χ0) is 14.6. The number of benzene rings is 1. The van der Waals surface area contributed by atoms with E-state index in [1.54, 1.807) is 7.11 Å². The monoisotopic (exact) mass is 263 g/mol. The van der Waals surface area contributed by atoms with Crippen LogP contribution in [-0.2, 0) is 6.42 Å². The normalized spacial score (nSPS) is 12.0. The second kappa shape index (κ2) is 6.42. The van der Waals surface area contributed by atoms with Crippen molar-refractivity contribution >= 4 is 0 Å². The Balaban J connectivity index is 2.86. The third-order valence-corrected chi connectivity index (χ3v) is 3.36. The summed E-state index contributed by atoms with van der Waals surface area (Å²) in [6.07, 6.45) is 1.06. The highest BCUT2D eigenvalue weighted by molar-refractivity contribution is 5.44. The van der Waals surface area contributed by atoms with E-state index >= 15 is 0 Å². The van der Waals surface area contributed by atoms with Crippen LogP contribution in [0.1, 0.15) is 57.2 Å². The highest BCUT2D eigenvalue weighted by Crippen LogP contribution is 2.29. The summed E-state index contributed by atoms with van der Waals surface area (Å²) in [5, 5.41) is 3.54. The number of aryl methyl sites for hydroxylation is 1. The van der Waals surface area contributed by atoms with E-state index in [0.717, 1.165) is 18.7 Å². The minimum absolute atomic E-state index is 0.182. The van der Waals surface area contributed by atoms with E-state index in [1.165, 1.54) is 16.7 Å². The summed E-state index contributed by atoms with van der Waals surface area (Å²) < 4.78 is 5.49. The summed E-state index contributed by atoms with van der Waals surface area (Å²) in [4.78, 5) is 0. The molecule has 108 valence electrons. The SMILES string of the molecule is COc1cc(C)c(CCNC(C)(C)C)cc1C(C)C. The van der Waals surface area contributed by atoms with Crippen LogP contribution < -0.4 is 10.1 Å². The quantitative estimate of drug-likeness (QED) is 0.865. The number of nitrogens with one attached hydrogen (secondary N) is 1. The molecule has 0 heterocycles. The van der Waals surface area contributed by atoms with Crippen molar-refractivity contribution in [1.82, 2.24) is 5.32 Å². The van der Waals surface area contributed by atoms with Crippen LogP contribution in [0, 0.1) is 6.92 Å². The molecule has 1 aromatic carbocycles. The zero-order valence-corrected chi connectivity index (χ0v) is 13.6. The molecule has 0 aliphatic heterocycles. The molecular formula is C17H29NO. The lowest BCUT2D eigenvalue weighted by atomic mass is 9.95. The molecule has 1 rings (SSSR count). The van der Waals surface area contributed by atoms with Crippen molar-refractivity contribution in [3.05, 3.63) is 28.8 Å². The van der Waals surface area contributed by atoms with Crippen molar-refractivity contribution in [1.29, 1.82) is 0 Å². The predicted molar refractivity (Wildman–Crippen MR) is 83.3 cm³/mol. The molecule has 0 radical (unpaired) electrons. The van der Waals surface area contributed by atoms with Gasteiger partial charge in [0.25, 0.3) is 0 Å². The topological polar surface area (TPSA) is 21.3 Å². The van der Waals surface area contributed by atoms with Crippen LogP contribution in [0.2, 0.25) is 0 Å². The first-order valence-electron chi connectivity index (χ1n) is 7.17. The Labute approximate surface area is 118 Å². The van der Waals surface area contributed by atoms with Gasteiger partial charge >= 0.3 is 0 Å². The maximum absolute atomic E-state index is 5.49. The molecule has 0 aliphatic carbocycles. The molecule has 19 heavy (non-hydrogen) atoms. The van der Waals surface area contributed by atoms with Gasteiger partial charge in [0.2, 0.25) is 0 Å². The summed E-state index contributed by atoms with van der Waals surface area (Å²) in [6, 6.07) is 4.48.